The third-order valence-electron chi connectivity index (χ3n) is 3.26. The topological polar surface area (TPSA) is 68.8 Å². The van der Waals surface area contributed by atoms with Gasteiger partial charge in [-0.25, -0.2) is 9.67 Å². The average molecular weight is 338 g/mol. The molecule has 0 saturated carbocycles. The molecule has 1 aromatic carbocycles. The normalized spacial score (nSPS) is 12.9. The summed E-state index contributed by atoms with van der Waals surface area (Å²) < 4.78 is 2.97. The SMILES string of the molecule is Cc1ccc(C(Cc2ncnn2C(C)C)NN)c(Br)c1. The van der Waals surface area contributed by atoms with Crippen LogP contribution in [-0.4, -0.2) is 14.8 Å². The van der Waals surface area contributed by atoms with Crippen LogP contribution >= 0.6 is 15.9 Å². The molecule has 2 rings (SSSR count). The molecule has 5 nitrogen and oxygen atoms in total. The van der Waals surface area contributed by atoms with Crippen LogP contribution in [0.3, 0.4) is 0 Å². The Bertz CT molecular complexity index is 579. The van der Waals surface area contributed by atoms with Gasteiger partial charge >= 0.3 is 0 Å². The maximum Gasteiger partial charge on any atom is 0.138 e. The molecule has 0 saturated heterocycles. The summed E-state index contributed by atoms with van der Waals surface area (Å²) in [5.74, 6) is 6.65. The highest BCUT2D eigenvalue weighted by Gasteiger charge is 2.18. The van der Waals surface area contributed by atoms with Gasteiger partial charge in [-0.3, -0.25) is 11.3 Å². The highest BCUT2D eigenvalue weighted by Crippen LogP contribution is 2.26. The summed E-state index contributed by atoms with van der Waals surface area (Å²) in [5.41, 5.74) is 5.20. The van der Waals surface area contributed by atoms with Crippen molar-refractivity contribution in [1.82, 2.24) is 20.2 Å². The van der Waals surface area contributed by atoms with Gasteiger partial charge in [0.15, 0.2) is 0 Å². The summed E-state index contributed by atoms with van der Waals surface area (Å²) >= 11 is 3.60. The van der Waals surface area contributed by atoms with Crippen molar-refractivity contribution in [3.05, 3.63) is 46.0 Å². The van der Waals surface area contributed by atoms with Gasteiger partial charge in [-0.15, -0.1) is 0 Å². The van der Waals surface area contributed by atoms with Gasteiger partial charge < -0.3 is 0 Å². The Morgan fingerprint density at radius 2 is 2.15 bits per heavy atom. The van der Waals surface area contributed by atoms with E-state index in [1.165, 1.54) is 5.56 Å². The molecule has 1 unspecified atom stereocenters. The molecule has 0 aliphatic heterocycles. The van der Waals surface area contributed by atoms with Crippen LogP contribution < -0.4 is 11.3 Å². The van der Waals surface area contributed by atoms with Crippen molar-refractivity contribution in [2.24, 2.45) is 5.84 Å². The predicted molar refractivity (Wildman–Crippen MR) is 83.1 cm³/mol. The Morgan fingerprint density at radius 1 is 1.40 bits per heavy atom. The van der Waals surface area contributed by atoms with Crippen molar-refractivity contribution in [1.29, 1.82) is 0 Å². The minimum Gasteiger partial charge on any atom is -0.271 e. The van der Waals surface area contributed by atoms with E-state index in [1.54, 1.807) is 6.33 Å². The Kier molecular flexibility index (Phi) is 4.91. The maximum atomic E-state index is 5.73. The number of nitrogens with zero attached hydrogens (tertiary/aromatic N) is 3. The molecule has 0 aliphatic rings. The Hall–Kier alpha value is -1.24. The number of aryl methyl sites for hydroxylation is 1. The summed E-state index contributed by atoms with van der Waals surface area (Å²) in [7, 11) is 0. The standard InChI is InChI=1S/C14H20BrN5/c1-9(2)20-14(17-8-18-20)7-13(19-16)11-5-4-10(3)6-12(11)15/h4-6,8-9,13,19H,7,16H2,1-3H3. The zero-order valence-electron chi connectivity index (χ0n) is 12.0. The van der Waals surface area contributed by atoms with Crippen molar-refractivity contribution in [3.8, 4) is 0 Å². The summed E-state index contributed by atoms with van der Waals surface area (Å²) in [5, 5.41) is 4.26. The first kappa shape index (κ1) is 15.2. The van der Waals surface area contributed by atoms with E-state index < -0.39 is 0 Å². The molecule has 0 fully saturated rings. The second-order valence-electron chi connectivity index (χ2n) is 5.16. The lowest BCUT2D eigenvalue weighted by Gasteiger charge is -2.19. The van der Waals surface area contributed by atoms with Crippen LogP contribution in [0.25, 0.3) is 0 Å². The van der Waals surface area contributed by atoms with E-state index >= 15 is 0 Å². The van der Waals surface area contributed by atoms with E-state index in [9.17, 15) is 0 Å². The number of benzene rings is 1. The molecule has 1 aromatic heterocycles. The quantitative estimate of drug-likeness (QED) is 0.650. The molecule has 0 radical (unpaired) electrons. The molecular formula is C14H20BrN5. The van der Waals surface area contributed by atoms with E-state index in [2.05, 4.69) is 70.4 Å². The van der Waals surface area contributed by atoms with E-state index in [-0.39, 0.29) is 12.1 Å². The van der Waals surface area contributed by atoms with Gasteiger partial charge in [0.2, 0.25) is 0 Å². The summed E-state index contributed by atoms with van der Waals surface area (Å²) in [4.78, 5) is 4.34. The first-order valence-electron chi connectivity index (χ1n) is 6.63. The van der Waals surface area contributed by atoms with Crippen LogP contribution in [-0.2, 0) is 6.42 Å². The van der Waals surface area contributed by atoms with Crippen molar-refractivity contribution in [2.45, 2.75) is 39.3 Å². The molecule has 1 heterocycles. The van der Waals surface area contributed by atoms with Crippen LogP contribution in [0.15, 0.2) is 29.0 Å². The van der Waals surface area contributed by atoms with Gasteiger partial charge in [0.05, 0.1) is 6.04 Å². The van der Waals surface area contributed by atoms with Crippen LogP contribution in [0.5, 0.6) is 0 Å². The Labute approximate surface area is 127 Å². The summed E-state index contributed by atoms with van der Waals surface area (Å²) in [6.07, 6.45) is 2.28. The maximum absolute atomic E-state index is 5.73. The molecular weight excluding hydrogens is 318 g/mol. The van der Waals surface area contributed by atoms with E-state index in [0.717, 1.165) is 15.9 Å². The zero-order valence-corrected chi connectivity index (χ0v) is 13.6. The molecule has 0 spiro atoms. The number of rotatable bonds is 5. The fraction of sp³-hybridized carbons (Fsp3) is 0.429. The molecule has 20 heavy (non-hydrogen) atoms. The third kappa shape index (κ3) is 3.26. The predicted octanol–water partition coefficient (Wildman–Crippen LogP) is 2.68. The summed E-state index contributed by atoms with van der Waals surface area (Å²) in [6, 6.07) is 6.53. The molecule has 6 heteroatoms. The van der Waals surface area contributed by atoms with Crippen molar-refractivity contribution in [3.63, 3.8) is 0 Å². The lowest BCUT2D eigenvalue weighted by atomic mass is 10.0. The van der Waals surface area contributed by atoms with Gasteiger partial charge in [0.1, 0.15) is 12.2 Å². The summed E-state index contributed by atoms with van der Waals surface area (Å²) in [6.45, 7) is 6.24. The molecule has 0 bridgehead atoms. The number of hydrogen-bond acceptors (Lipinski definition) is 4. The lowest BCUT2D eigenvalue weighted by Crippen LogP contribution is -2.31. The van der Waals surface area contributed by atoms with E-state index in [1.807, 2.05) is 4.68 Å². The Balaban J connectivity index is 2.27. The van der Waals surface area contributed by atoms with Gasteiger partial charge in [-0.05, 0) is 38.0 Å². The zero-order chi connectivity index (χ0) is 14.7. The van der Waals surface area contributed by atoms with Crippen LogP contribution in [0.4, 0.5) is 0 Å². The number of nitrogens with two attached hydrogens (primary N) is 1. The monoisotopic (exact) mass is 337 g/mol. The third-order valence-corrected chi connectivity index (χ3v) is 3.94. The molecule has 1 atom stereocenters. The minimum absolute atomic E-state index is 0.00771. The fourth-order valence-corrected chi connectivity index (χ4v) is 2.98. The number of aromatic nitrogens is 3. The van der Waals surface area contributed by atoms with E-state index in [4.69, 9.17) is 5.84 Å². The molecule has 0 aliphatic carbocycles. The average Bonchev–Trinajstić information content (AvgIpc) is 2.85. The van der Waals surface area contributed by atoms with Crippen molar-refractivity contribution in [2.75, 3.05) is 0 Å². The van der Waals surface area contributed by atoms with Gasteiger partial charge in [-0.2, -0.15) is 5.10 Å². The first-order valence-corrected chi connectivity index (χ1v) is 7.42. The molecule has 108 valence electrons. The van der Waals surface area contributed by atoms with Crippen molar-refractivity contribution < 1.29 is 0 Å². The van der Waals surface area contributed by atoms with Crippen LogP contribution in [0.1, 0.15) is 42.9 Å². The fourth-order valence-electron chi connectivity index (χ4n) is 2.21. The minimum atomic E-state index is -0.00771. The second kappa shape index (κ2) is 6.47. The number of nitrogens with one attached hydrogen (secondary N) is 1. The van der Waals surface area contributed by atoms with E-state index in [0.29, 0.717) is 6.42 Å². The highest BCUT2D eigenvalue weighted by molar-refractivity contribution is 9.10. The first-order chi connectivity index (χ1) is 9.52. The van der Waals surface area contributed by atoms with Crippen LogP contribution in [0, 0.1) is 6.92 Å². The van der Waals surface area contributed by atoms with Gasteiger partial charge in [-0.1, -0.05) is 28.1 Å². The number of halogens is 1. The lowest BCUT2D eigenvalue weighted by molar-refractivity contribution is 0.468. The molecule has 2 aromatic rings. The van der Waals surface area contributed by atoms with Gasteiger partial charge in [0.25, 0.3) is 0 Å². The Morgan fingerprint density at radius 3 is 2.75 bits per heavy atom. The highest BCUT2D eigenvalue weighted by atomic mass is 79.9. The number of hydrazine groups is 1. The largest absolute Gasteiger partial charge is 0.271 e. The molecule has 0 amide bonds. The van der Waals surface area contributed by atoms with Crippen molar-refractivity contribution >= 4 is 15.9 Å². The number of hydrogen-bond donors (Lipinski definition) is 2. The second-order valence-corrected chi connectivity index (χ2v) is 6.02. The van der Waals surface area contributed by atoms with Gasteiger partial charge in [0, 0.05) is 16.9 Å². The molecule has 3 N–H and O–H groups in total. The smallest absolute Gasteiger partial charge is 0.138 e. The van der Waals surface area contributed by atoms with Crippen LogP contribution in [0.2, 0.25) is 0 Å².